The van der Waals surface area contributed by atoms with Crippen LogP contribution in [0.4, 0.5) is 0 Å². The molecule has 0 spiro atoms. The van der Waals surface area contributed by atoms with E-state index in [4.69, 9.17) is 12.3 Å². The molecule has 0 bridgehead atoms. The molecule has 5 aromatic carbocycles. The summed E-state index contributed by atoms with van der Waals surface area (Å²) in [7, 11) is 0. The standard InChI is InChI=1S/C32H21N2Te.C12H10N.Ir/c1-20-15-24(23-7-4-3-5-8-23)12-14-25(20)29-17-30(34-19-21(29)2)28-10-6-9-27-26-13-11-22(18-33)16-31(26)35-32(27)28;1-10-7-8-12(13-9-10)11-5-3-2-4-6-11;/h3-9,11-17,19H,1-2H3;2-5,7-9H,1H3;/q2*-1;/i1D3,2D3;1D3;. The topological polar surface area (TPSA) is 49.6 Å². The van der Waals surface area contributed by atoms with Crippen LogP contribution in [0.2, 0.25) is 0 Å². The van der Waals surface area contributed by atoms with Crippen molar-refractivity contribution in [3.63, 3.8) is 0 Å². The zero-order chi connectivity index (χ0) is 40.5. The van der Waals surface area contributed by atoms with Crippen LogP contribution < -0.4 is 0 Å². The summed E-state index contributed by atoms with van der Waals surface area (Å²) in [6.07, 6.45) is 2.74. The SMILES string of the molecule is [2H]C([2H])([2H])c1ccc(-c2[c-]cccc2)nc1.[2H]C([2H])([2H])c1cnc(-c2[c-]ccc3c2[te]c2cc(C#N)ccc23)cc1-c1ccc(-c2ccccc2)cc1C([2H])([2H])[2H].[Ir]. The van der Waals surface area contributed by atoms with Crippen molar-refractivity contribution in [1.82, 2.24) is 9.97 Å². The molecule has 49 heavy (non-hydrogen) atoms. The second-order valence-corrected chi connectivity index (χ2v) is 14.0. The quantitative estimate of drug-likeness (QED) is 0.131. The van der Waals surface area contributed by atoms with E-state index in [0.717, 1.165) is 45.5 Å². The second-order valence-electron chi connectivity index (χ2n) is 11.0. The van der Waals surface area contributed by atoms with Crippen LogP contribution in [0.3, 0.4) is 0 Å². The maximum atomic E-state index is 9.37. The fourth-order valence-electron chi connectivity index (χ4n) is 5.51. The molecule has 3 heterocycles. The zero-order valence-corrected chi connectivity index (χ0v) is 30.5. The van der Waals surface area contributed by atoms with E-state index in [9.17, 15) is 5.26 Å². The van der Waals surface area contributed by atoms with Crippen molar-refractivity contribution >= 4 is 38.0 Å². The molecule has 0 aliphatic rings. The molecule has 8 aromatic rings. The molecule has 0 saturated heterocycles. The zero-order valence-electron chi connectivity index (χ0n) is 34.8. The third-order valence-corrected chi connectivity index (χ3v) is 11.3. The van der Waals surface area contributed by atoms with Crippen molar-refractivity contribution in [3.8, 4) is 50.8 Å². The van der Waals surface area contributed by atoms with Gasteiger partial charge in [0.2, 0.25) is 0 Å². The van der Waals surface area contributed by atoms with E-state index in [2.05, 4.69) is 28.2 Å². The second kappa shape index (κ2) is 15.3. The molecular weight excluding hydrogens is 890 g/mol. The van der Waals surface area contributed by atoms with Crippen LogP contribution in [0.15, 0.2) is 134 Å². The summed E-state index contributed by atoms with van der Waals surface area (Å²) in [5.41, 5.74) is 6.10. The van der Waals surface area contributed by atoms with Crippen molar-refractivity contribution < 1.29 is 32.4 Å². The fraction of sp³-hybridized carbons (Fsp3) is 0.0682. The molecule has 0 unspecified atom stereocenters. The molecule has 0 saturated carbocycles. The Balaban J connectivity index is 0.000000280. The minimum Gasteiger partial charge on any atom is 0 e. The third-order valence-electron chi connectivity index (χ3n) is 7.89. The average Bonchev–Trinajstić information content (AvgIpc) is 3.58. The molecule has 0 atom stereocenters. The number of rotatable bonds is 4. The van der Waals surface area contributed by atoms with E-state index in [-0.39, 0.29) is 36.8 Å². The van der Waals surface area contributed by atoms with Gasteiger partial charge < -0.3 is 4.98 Å². The van der Waals surface area contributed by atoms with Crippen LogP contribution in [0.25, 0.3) is 62.3 Å². The number of aryl methyl sites for hydroxylation is 3. The van der Waals surface area contributed by atoms with Gasteiger partial charge in [0, 0.05) is 30.4 Å². The van der Waals surface area contributed by atoms with Crippen molar-refractivity contribution in [2.24, 2.45) is 0 Å². The van der Waals surface area contributed by atoms with Crippen LogP contribution in [-0.4, -0.2) is 30.4 Å². The van der Waals surface area contributed by atoms with E-state index in [0.29, 0.717) is 22.4 Å². The van der Waals surface area contributed by atoms with Crippen molar-refractivity contribution in [3.05, 3.63) is 168 Å². The Morgan fingerprint density at radius 1 is 0.673 bits per heavy atom. The Morgan fingerprint density at radius 2 is 1.53 bits per heavy atom. The van der Waals surface area contributed by atoms with Gasteiger partial charge in [-0.05, 0) is 18.1 Å². The van der Waals surface area contributed by atoms with Gasteiger partial charge in [-0.25, -0.2) is 0 Å². The van der Waals surface area contributed by atoms with E-state index >= 15 is 0 Å². The summed E-state index contributed by atoms with van der Waals surface area (Å²) in [6, 6.07) is 45.2. The Bertz CT molecular complexity index is 2760. The number of nitrogens with zero attached hydrogens (tertiary/aromatic N) is 3. The first-order valence-corrected chi connectivity index (χ1v) is 17.4. The monoisotopic (exact) mass is 933 g/mol. The summed E-state index contributed by atoms with van der Waals surface area (Å²) in [4.78, 5) is 8.69. The van der Waals surface area contributed by atoms with E-state index in [1.165, 1.54) is 12.4 Å². The Kier molecular flexibility index (Phi) is 7.62. The first-order valence-electron chi connectivity index (χ1n) is 19.5. The third kappa shape index (κ3) is 7.35. The van der Waals surface area contributed by atoms with Gasteiger partial charge in [-0.1, -0.05) is 18.2 Å². The Morgan fingerprint density at radius 3 is 2.29 bits per heavy atom. The summed E-state index contributed by atoms with van der Waals surface area (Å²) < 4.78 is 73.6. The number of hydrogen-bond acceptors (Lipinski definition) is 3. The minimum absolute atomic E-state index is 0. The van der Waals surface area contributed by atoms with Gasteiger partial charge in [0.05, 0.1) is 0 Å². The van der Waals surface area contributed by atoms with Crippen LogP contribution in [-0.2, 0) is 20.1 Å². The van der Waals surface area contributed by atoms with Crippen molar-refractivity contribution in [2.45, 2.75) is 20.6 Å². The summed E-state index contributed by atoms with van der Waals surface area (Å²) in [5.74, 6) is 0. The predicted octanol–water partition coefficient (Wildman–Crippen LogP) is 10.6. The first kappa shape index (κ1) is 24.5. The number of nitriles is 1. The molecule has 3 nitrogen and oxygen atoms in total. The molecule has 5 heteroatoms. The smallest absolute Gasteiger partial charge is 0 e. The molecule has 239 valence electrons. The summed E-state index contributed by atoms with van der Waals surface area (Å²) in [5, 5.41) is 11.5. The van der Waals surface area contributed by atoms with E-state index in [1.807, 2.05) is 84.9 Å². The molecule has 0 amide bonds. The van der Waals surface area contributed by atoms with Crippen molar-refractivity contribution in [2.75, 3.05) is 0 Å². The largest absolute Gasteiger partial charge is 0 e. The Labute approximate surface area is 323 Å². The van der Waals surface area contributed by atoms with Crippen LogP contribution >= 0.6 is 0 Å². The molecule has 1 radical (unpaired) electrons. The number of aromatic nitrogens is 2. The van der Waals surface area contributed by atoms with Crippen molar-refractivity contribution in [1.29, 1.82) is 5.26 Å². The number of benzene rings is 5. The summed E-state index contributed by atoms with van der Waals surface area (Å²) >= 11 is -0.866. The molecule has 0 aliphatic heterocycles. The van der Waals surface area contributed by atoms with Gasteiger partial charge in [-0.2, -0.15) is 0 Å². The molecular formula is C44H31IrN3Te-2. The summed E-state index contributed by atoms with van der Waals surface area (Å²) in [6.45, 7) is -7.08. The predicted molar refractivity (Wildman–Crippen MR) is 199 cm³/mol. The minimum atomic E-state index is -2.51. The molecule has 0 N–H and O–H groups in total. The number of pyridine rings is 2. The maximum absolute atomic E-state index is 9.37. The molecule has 3 aromatic heterocycles. The molecule has 0 aliphatic carbocycles. The Hall–Kier alpha value is -4.67. The maximum Gasteiger partial charge on any atom is 0 e. The average molecular weight is 931 g/mol. The van der Waals surface area contributed by atoms with Gasteiger partial charge in [-0.15, -0.1) is 35.9 Å². The van der Waals surface area contributed by atoms with Gasteiger partial charge in [0.1, 0.15) is 0 Å². The molecule has 8 rings (SSSR count). The van der Waals surface area contributed by atoms with Gasteiger partial charge in [0.15, 0.2) is 0 Å². The van der Waals surface area contributed by atoms with E-state index in [1.54, 1.807) is 36.4 Å². The van der Waals surface area contributed by atoms with Gasteiger partial charge in [0.25, 0.3) is 0 Å². The van der Waals surface area contributed by atoms with Crippen LogP contribution in [0.1, 0.15) is 34.6 Å². The fourth-order valence-corrected chi connectivity index (χ4v) is 9.07. The molecule has 0 fully saturated rings. The van der Waals surface area contributed by atoms with E-state index < -0.39 is 41.0 Å². The van der Waals surface area contributed by atoms with Crippen LogP contribution in [0, 0.1) is 44.0 Å². The van der Waals surface area contributed by atoms with Crippen LogP contribution in [0.5, 0.6) is 0 Å². The number of fused-ring (bicyclic) bond motifs is 3. The number of hydrogen-bond donors (Lipinski definition) is 0. The van der Waals surface area contributed by atoms with Gasteiger partial charge >= 0.3 is 218 Å². The normalized spacial score (nSPS) is 14.1. The van der Waals surface area contributed by atoms with Gasteiger partial charge in [-0.3, -0.25) is 0 Å². The first-order chi connectivity index (χ1) is 27.1.